The van der Waals surface area contributed by atoms with Gasteiger partial charge in [-0.15, -0.1) is 0 Å². The monoisotopic (exact) mass is 495 g/mol. The maximum absolute atomic E-state index is 13.0. The largest absolute Gasteiger partial charge is 0.486 e. The van der Waals surface area contributed by atoms with Gasteiger partial charge in [0.05, 0.1) is 16.5 Å². The van der Waals surface area contributed by atoms with Crippen molar-refractivity contribution in [1.29, 1.82) is 0 Å². The Morgan fingerprint density at radius 2 is 1.88 bits per heavy atom. The first kappa shape index (κ1) is 23.3. The highest BCUT2D eigenvalue weighted by atomic mass is 35.5. The summed E-state index contributed by atoms with van der Waals surface area (Å²) in [7, 11) is -4.03. The van der Waals surface area contributed by atoms with Crippen LogP contribution in [0.5, 0.6) is 11.5 Å². The van der Waals surface area contributed by atoms with E-state index < -0.39 is 14.9 Å². The molecule has 33 heavy (non-hydrogen) atoms. The number of nitrogens with one attached hydrogen (secondary N) is 1. The second-order valence-electron chi connectivity index (χ2n) is 7.79. The van der Waals surface area contributed by atoms with Gasteiger partial charge in [-0.05, 0) is 31.0 Å². The Morgan fingerprint density at radius 3 is 2.58 bits per heavy atom. The van der Waals surface area contributed by atoms with Crippen LogP contribution in [0.15, 0.2) is 47.4 Å². The lowest BCUT2D eigenvalue weighted by molar-refractivity contribution is -0.385. The van der Waals surface area contributed by atoms with E-state index in [1.165, 1.54) is 10.4 Å². The topological polar surface area (TPSA) is 128 Å². The molecule has 0 radical (unpaired) electrons. The van der Waals surface area contributed by atoms with Crippen molar-refractivity contribution in [3.8, 4) is 11.5 Å². The number of piperidine rings is 1. The van der Waals surface area contributed by atoms with E-state index in [-0.39, 0.29) is 53.2 Å². The van der Waals surface area contributed by atoms with Gasteiger partial charge in [0.1, 0.15) is 17.6 Å². The van der Waals surface area contributed by atoms with Crippen molar-refractivity contribution in [3.05, 3.63) is 57.6 Å². The number of sulfonamides is 1. The van der Waals surface area contributed by atoms with Gasteiger partial charge in [0, 0.05) is 31.1 Å². The van der Waals surface area contributed by atoms with E-state index >= 15 is 0 Å². The number of nitro groups is 1. The van der Waals surface area contributed by atoms with Crippen LogP contribution < -0.4 is 14.8 Å². The number of carbonyl (C=O) groups excluding carboxylic acids is 1. The highest BCUT2D eigenvalue weighted by Gasteiger charge is 2.34. The fraction of sp³-hybridized carbons (Fsp3) is 0.381. The predicted molar refractivity (Wildman–Crippen MR) is 119 cm³/mol. The van der Waals surface area contributed by atoms with Gasteiger partial charge < -0.3 is 14.8 Å². The smallest absolute Gasteiger partial charge is 0.270 e. The van der Waals surface area contributed by atoms with Gasteiger partial charge in [-0.1, -0.05) is 23.7 Å². The Morgan fingerprint density at radius 1 is 1.18 bits per heavy atom. The van der Waals surface area contributed by atoms with Crippen molar-refractivity contribution in [3.63, 3.8) is 0 Å². The van der Waals surface area contributed by atoms with Crippen LogP contribution in [0.1, 0.15) is 12.8 Å². The second kappa shape index (κ2) is 9.54. The molecule has 0 unspecified atom stereocenters. The summed E-state index contributed by atoms with van der Waals surface area (Å²) in [6.45, 7) is 0.804. The van der Waals surface area contributed by atoms with Crippen molar-refractivity contribution in [2.24, 2.45) is 5.92 Å². The maximum atomic E-state index is 13.0. The SMILES string of the molecule is O=C(NC[C@H]1COc2ccccc2O1)C1CCN(S(=O)(=O)c2cc([N+](=O)[O-])ccc2Cl)CC1. The highest BCUT2D eigenvalue weighted by Crippen LogP contribution is 2.32. The van der Waals surface area contributed by atoms with Crippen molar-refractivity contribution >= 4 is 33.2 Å². The molecule has 2 aliphatic heterocycles. The zero-order valence-electron chi connectivity index (χ0n) is 17.5. The third-order valence-corrected chi connectivity index (χ3v) is 8.02. The number of nitrogens with zero attached hydrogens (tertiary/aromatic N) is 2. The van der Waals surface area contributed by atoms with Gasteiger partial charge in [0.15, 0.2) is 11.5 Å². The van der Waals surface area contributed by atoms with Gasteiger partial charge in [-0.2, -0.15) is 4.31 Å². The van der Waals surface area contributed by atoms with E-state index in [1.807, 2.05) is 18.2 Å². The van der Waals surface area contributed by atoms with Crippen molar-refractivity contribution < 1.29 is 27.6 Å². The molecular formula is C21H22ClN3O7S. The minimum atomic E-state index is -4.03. The lowest BCUT2D eigenvalue weighted by Gasteiger charge is -2.31. The number of non-ortho nitro benzene ring substituents is 1. The Labute approximate surface area is 195 Å². The van der Waals surface area contributed by atoms with Crippen molar-refractivity contribution in [2.45, 2.75) is 23.8 Å². The first-order valence-corrected chi connectivity index (χ1v) is 12.2. The number of amides is 1. The number of rotatable bonds is 6. The number of ether oxygens (including phenoxy) is 2. The molecule has 12 heteroatoms. The lowest BCUT2D eigenvalue weighted by Crippen LogP contribution is -2.46. The van der Waals surface area contributed by atoms with E-state index in [0.29, 0.717) is 30.9 Å². The third-order valence-electron chi connectivity index (χ3n) is 5.64. The molecule has 1 fully saturated rings. The van der Waals surface area contributed by atoms with Crippen LogP contribution in [0.25, 0.3) is 0 Å². The standard InChI is InChI=1S/C21H22ClN3O7S/c22-17-6-5-15(25(27)28)11-20(17)33(29,30)24-9-7-14(8-10-24)21(26)23-12-16-13-31-18-3-1-2-4-19(18)32-16/h1-6,11,14,16H,7-10,12-13H2,(H,23,26)/t16-/m0/s1. The minimum absolute atomic E-state index is 0.0864. The van der Waals surface area contributed by atoms with E-state index in [0.717, 1.165) is 12.1 Å². The summed E-state index contributed by atoms with van der Waals surface area (Å²) in [5.74, 6) is 0.760. The number of nitro benzene ring substituents is 1. The summed E-state index contributed by atoms with van der Waals surface area (Å²) in [5, 5.41) is 13.8. The zero-order valence-corrected chi connectivity index (χ0v) is 19.0. The Bertz CT molecular complexity index is 1170. The van der Waals surface area contributed by atoms with E-state index in [4.69, 9.17) is 21.1 Å². The van der Waals surface area contributed by atoms with Gasteiger partial charge in [0.2, 0.25) is 15.9 Å². The molecule has 10 nitrogen and oxygen atoms in total. The first-order chi connectivity index (χ1) is 15.8. The van der Waals surface area contributed by atoms with Crippen LogP contribution in [-0.2, 0) is 14.8 Å². The Kier molecular flexibility index (Phi) is 6.73. The van der Waals surface area contributed by atoms with Gasteiger partial charge in [-0.3, -0.25) is 14.9 Å². The first-order valence-electron chi connectivity index (χ1n) is 10.4. The molecule has 2 aliphatic rings. The lowest BCUT2D eigenvalue weighted by atomic mass is 9.97. The molecule has 1 N–H and O–H groups in total. The van der Waals surface area contributed by atoms with Crippen molar-refractivity contribution in [1.82, 2.24) is 9.62 Å². The fourth-order valence-electron chi connectivity index (χ4n) is 3.82. The van der Waals surface area contributed by atoms with E-state index in [2.05, 4.69) is 5.32 Å². The van der Waals surface area contributed by atoms with Crippen LogP contribution in [0.4, 0.5) is 5.69 Å². The van der Waals surface area contributed by atoms with Gasteiger partial charge >= 0.3 is 0 Å². The minimum Gasteiger partial charge on any atom is -0.486 e. The molecule has 0 aliphatic carbocycles. The van der Waals surface area contributed by atoms with Crippen LogP contribution in [0.3, 0.4) is 0 Å². The molecular weight excluding hydrogens is 474 g/mol. The number of carbonyl (C=O) groups is 1. The average Bonchev–Trinajstić information content (AvgIpc) is 2.82. The summed E-state index contributed by atoms with van der Waals surface area (Å²) in [6.07, 6.45) is 0.325. The molecule has 2 aromatic rings. The second-order valence-corrected chi connectivity index (χ2v) is 10.1. The van der Waals surface area contributed by atoms with Crippen LogP contribution in [0, 0.1) is 16.0 Å². The van der Waals surface area contributed by atoms with Crippen molar-refractivity contribution in [2.75, 3.05) is 26.2 Å². The maximum Gasteiger partial charge on any atom is 0.270 e. The van der Waals surface area contributed by atoms with Gasteiger partial charge in [0.25, 0.3) is 5.69 Å². The molecule has 1 atom stereocenters. The molecule has 176 valence electrons. The molecule has 2 aromatic carbocycles. The fourth-order valence-corrected chi connectivity index (χ4v) is 5.79. The Hall–Kier alpha value is -2.89. The zero-order chi connectivity index (χ0) is 23.6. The normalized spacial score (nSPS) is 19.1. The molecule has 2 heterocycles. The summed E-state index contributed by atoms with van der Waals surface area (Å²) in [4.78, 5) is 22.6. The summed E-state index contributed by atoms with van der Waals surface area (Å²) in [5.41, 5.74) is -0.358. The molecule has 0 bridgehead atoms. The molecule has 1 saturated heterocycles. The average molecular weight is 496 g/mol. The predicted octanol–water partition coefficient (Wildman–Crippen LogP) is 2.61. The number of hydrogen-bond donors (Lipinski definition) is 1. The van der Waals surface area contributed by atoms with Gasteiger partial charge in [-0.25, -0.2) is 8.42 Å². The highest BCUT2D eigenvalue weighted by molar-refractivity contribution is 7.89. The quantitative estimate of drug-likeness (QED) is 0.481. The summed E-state index contributed by atoms with van der Waals surface area (Å²) >= 11 is 6.02. The number of para-hydroxylation sites is 2. The summed E-state index contributed by atoms with van der Waals surface area (Å²) in [6, 6.07) is 10.6. The molecule has 0 spiro atoms. The molecule has 1 amide bonds. The number of fused-ring (bicyclic) bond motifs is 1. The number of benzene rings is 2. The Balaban J connectivity index is 1.32. The molecule has 4 rings (SSSR count). The number of hydrogen-bond acceptors (Lipinski definition) is 7. The van der Waals surface area contributed by atoms with E-state index in [1.54, 1.807) is 6.07 Å². The van der Waals surface area contributed by atoms with Crippen LogP contribution in [-0.4, -0.2) is 55.9 Å². The summed E-state index contributed by atoms with van der Waals surface area (Å²) < 4.78 is 38.6. The van der Waals surface area contributed by atoms with Crippen LogP contribution in [0.2, 0.25) is 5.02 Å². The number of halogens is 1. The molecule has 0 aromatic heterocycles. The third kappa shape index (κ3) is 5.05. The molecule has 0 saturated carbocycles. The van der Waals surface area contributed by atoms with E-state index in [9.17, 15) is 23.3 Å². The van der Waals surface area contributed by atoms with Crippen LogP contribution >= 0.6 is 11.6 Å².